The van der Waals surface area contributed by atoms with Crippen LogP contribution >= 0.6 is 12.2 Å². The van der Waals surface area contributed by atoms with E-state index < -0.39 is 0 Å². The van der Waals surface area contributed by atoms with Gasteiger partial charge in [-0.1, -0.05) is 12.2 Å². The SMILES string of the molecule is CC(C1CC1)N(C)c1cc(C(N)=S)ccn1. The van der Waals surface area contributed by atoms with Gasteiger partial charge in [-0.3, -0.25) is 0 Å². The zero-order valence-corrected chi connectivity index (χ0v) is 10.5. The Morgan fingerprint density at radius 1 is 1.62 bits per heavy atom. The molecule has 1 aromatic heterocycles. The lowest BCUT2D eigenvalue weighted by Crippen LogP contribution is -2.31. The highest BCUT2D eigenvalue weighted by molar-refractivity contribution is 7.80. The number of anilines is 1. The molecule has 86 valence electrons. The van der Waals surface area contributed by atoms with Gasteiger partial charge in [-0.2, -0.15) is 0 Å². The number of hydrogen-bond donors (Lipinski definition) is 1. The van der Waals surface area contributed by atoms with E-state index in [0.717, 1.165) is 17.3 Å². The van der Waals surface area contributed by atoms with E-state index in [0.29, 0.717) is 11.0 Å². The van der Waals surface area contributed by atoms with Gasteiger partial charge in [0.2, 0.25) is 0 Å². The Morgan fingerprint density at radius 2 is 2.31 bits per heavy atom. The van der Waals surface area contributed by atoms with Crippen molar-refractivity contribution in [3.8, 4) is 0 Å². The monoisotopic (exact) mass is 235 g/mol. The molecule has 0 radical (unpaired) electrons. The van der Waals surface area contributed by atoms with E-state index in [-0.39, 0.29) is 0 Å². The van der Waals surface area contributed by atoms with Gasteiger partial charge >= 0.3 is 0 Å². The molecule has 2 rings (SSSR count). The predicted molar refractivity (Wildman–Crippen MR) is 70.7 cm³/mol. The topological polar surface area (TPSA) is 42.1 Å². The van der Waals surface area contributed by atoms with Gasteiger partial charge in [0.25, 0.3) is 0 Å². The normalized spacial score (nSPS) is 16.9. The molecule has 1 heterocycles. The lowest BCUT2D eigenvalue weighted by atomic mass is 10.2. The largest absolute Gasteiger partial charge is 0.389 e. The molecule has 0 aliphatic heterocycles. The summed E-state index contributed by atoms with van der Waals surface area (Å²) < 4.78 is 0. The summed E-state index contributed by atoms with van der Waals surface area (Å²) in [4.78, 5) is 7.00. The fourth-order valence-electron chi connectivity index (χ4n) is 1.87. The van der Waals surface area contributed by atoms with Crippen LogP contribution in [0.25, 0.3) is 0 Å². The van der Waals surface area contributed by atoms with Crippen LogP contribution in [-0.4, -0.2) is 23.1 Å². The summed E-state index contributed by atoms with van der Waals surface area (Å²) in [6.07, 6.45) is 4.43. The van der Waals surface area contributed by atoms with Gasteiger partial charge in [0.1, 0.15) is 10.8 Å². The molecule has 1 aromatic rings. The van der Waals surface area contributed by atoms with Crippen LogP contribution < -0.4 is 10.6 Å². The summed E-state index contributed by atoms with van der Waals surface area (Å²) in [5.41, 5.74) is 6.50. The van der Waals surface area contributed by atoms with E-state index in [1.807, 2.05) is 12.1 Å². The van der Waals surface area contributed by atoms with E-state index in [1.54, 1.807) is 6.20 Å². The molecule has 1 aliphatic rings. The van der Waals surface area contributed by atoms with E-state index >= 15 is 0 Å². The Balaban J connectivity index is 2.18. The second-order valence-electron chi connectivity index (χ2n) is 4.46. The number of thiocarbonyl (C=S) groups is 1. The quantitative estimate of drug-likeness (QED) is 0.810. The molecule has 0 saturated heterocycles. The molecular formula is C12H17N3S. The number of nitrogens with two attached hydrogens (primary N) is 1. The van der Waals surface area contributed by atoms with Crippen molar-refractivity contribution in [3.05, 3.63) is 23.9 Å². The highest BCUT2D eigenvalue weighted by atomic mass is 32.1. The average Bonchev–Trinajstić information content (AvgIpc) is 3.11. The fraction of sp³-hybridized carbons (Fsp3) is 0.500. The van der Waals surface area contributed by atoms with Gasteiger partial charge in [-0.25, -0.2) is 4.98 Å². The minimum absolute atomic E-state index is 0.427. The molecule has 1 fully saturated rings. The molecule has 2 N–H and O–H groups in total. The third-order valence-corrected chi connectivity index (χ3v) is 3.54. The second kappa shape index (κ2) is 4.37. The molecule has 4 heteroatoms. The maximum atomic E-state index is 5.62. The van der Waals surface area contributed by atoms with Gasteiger partial charge in [0.15, 0.2) is 0 Å². The first-order valence-electron chi connectivity index (χ1n) is 5.58. The highest BCUT2D eigenvalue weighted by Crippen LogP contribution is 2.35. The summed E-state index contributed by atoms with van der Waals surface area (Å²) in [5, 5.41) is 0. The summed E-state index contributed by atoms with van der Waals surface area (Å²) in [7, 11) is 2.08. The van der Waals surface area contributed by atoms with Crippen LogP contribution in [0.1, 0.15) is 25.3 Å². The van der Waals surface area contributed by atoms with Crippen LogP contribution in [0.15, 0.2) is 18.3 Å². The Kier molecular flexibility index (Phi) is 3.10. The zero-order valence-electron chi connectivity index (χ0n) is 9.68. The number of pyridine rings is 1. The maximum absolute atomic E-state index is 5.62. The summed E-state index contributed by atoms with van der Waals surface area (Å²) in [6, 6.07) is 4.34. The van der Waals surface area contributed by atoms with E-state index in [9.17, 15) is 0 Å². The Morgan fingerprint density at radius 3 is 2.88 bits per heavy atom. The summed E-state index contributed by atoms with van der Waals surface area (Å²) in [5.74, 6) is 1.77. The van der Waals surface area contributed by atoms with Crippen molar-refractivity contribution >= 4 is 23.0 Å². The second-order valence-corrected chi connectivity index (χ2v) is 4.90. The minimum Gasteiger partial charge on any atom is -0.389 e. The van der Waals surface area contributed by atoms with Crippen molar-refractivity contribution in [1.82, 2.24) is 4.98 Å². The van der Waals surface area contributed by atoms with Gasteiger partial charge in [-0.15, -0.1) is 0 Å². The van der Waals surface area contributed by atoms with Gasteiger partial charge in [-0.05, 0) is 37.8 Å². The van der Waals surface area contributed by atoms with Crippen LogP contribution in [0.4, 0.5) is 5.82 Å². The lowest BCUT2D eigenvalue weighted by molar-refractivity contribution is 0.604. The first kappa shape index (κ1) is 11.3. The lowest BCUT2D eigenvalue weighted by Gasteiger charge is -2.26. The molecular weight excluding hydrogens is 218 g/mol. The molecule has 0 bridgehead atoms. The molecule has 0 aromatic carbocycles. The smallest absolute Gasteiger partial charge is 0.129 e. The van der Waals surface area contributed by atoms with Crippen LogP contribution in [0.3, 0.4) is 0 Å². The fourth-order valence-corrected chi connectivity index (χ4v) is 2.00. The minimum atomic E-state index is 0.427. The molecule has 1 atom stereocenters. The van der Waals surface area contributed by atoms with E-state index in [1.165, 1.54) is 12.8 Å². The van der Waals surface area contributed by atoms with Gasteiger partial charge in [0, 0.05) is 24.8 Å². The molecule has 0 amide bonds. The van der Waals surface area contributed by atoms with Crippen molar-refractivity contribution < 1.29 is 0 Å². The van der Waals surface area contributed by atoms with Crippen molar-refractivity contribution in [3.63, 3.8) is 0 Å². The Hall–Kier alpha value is -1.16. The molecule has 1 unspecified atom stereocenters. The first-order chi connectivity index (χ1) is 7.59. The third-order valence-electron chi connectivity index (χ3n) is 3.31. The van der Waals surface area contributed by atoms with Crippen LogP contribution in [0.5, 0.6) is 0 Å². The standard InChI is InChI=1S/C12H17N3S/c1-8(9-3-4-9)15(2)11-7-10(12(13)16)5-6-14-11/h5-9H,3-4H2,1-2H3,(H2,13,16). The number of rotatable bonds is 4. The Labute approximate surface area is 102 Å². The third kappa shape index (κ3) is 2.32. The molecule has 1 saturated carbocycles. The summed E-state index contributed by atoms with van der Waals surface area (Å²) >= 11 is 4.97. The van der Waals surface area contributed by atoms with Crippen molar-refractivity contribution in [2.24, 2.45) is 11.7 Å². The van der Waals surface area contributed by atoms with E-state index in [4.69, 9.17) is 18.0 Å². The zero-order chi connectivity index (χ0) is 11.7. The Bertz CT molecular complexity index is 401. The molecule has 16 heavy (non-hydrogen) atoms. The van der Waals surface area contributed by atoms with E-state index in [2.05, 4.69) is 23.9 Å². The van der Waals surface area contributed by atoms with Crippen molar-refractivity contribution in [2.75, 3.05) is 11.9 Å². The van der Waals surface area contributed by atoms with Gasteiger partial charge < -0.3 is 10.6 Å². The molecule has 1 aliphatic carbocycles. The number of nitrogens with zero attached hydrogens (tertiary/aromatic N) is 2. The first-order valence-corrected chi connectivity index (χ1v) is 5.99. The van der Waals surface area contributed by atoms with Crippen molar-refractivity contribution in [2.45, 2.75) is 25.8 Å². The van der Waals surface area contributed by atoms with Crippen LogP contribution in [0.2, 0.25) is 0 Å². The summed E-state index contributed by atoms with van der Waals surface area (Å²) in [6.45, 7) is 2.24. The van der Waals surface area contributed by atoms with Crippen molar-refractivity contribution in [1.29, 1.82) is 0 Å². The predicted octanol–water partition coefficient (Wildman–Crippen LogP) is 1.95. The number of aromatic nitrogens is 1. The number of hydrogen-bond acceptors (Lipinski definition) is 3. The highest BCUT2D eigenvalue weighted by Gasteiger charge is 2.31. The van der Waals surface area contributed by atoms with Crippen LogP contribution in [0, 0.1) is 5.92 Å². The van der Waals surface area contributed by atoms with Crippen LogP contribution in [-0.2, 0) is 0 Å². The maximum Gasteiger partial charge on any atom is 0.129 e. The average molecular weight is 235 g/mol. The molecule has 0 spiro atoms. The van der Waals surface area contributed by atoms with Gasteiger partial charge in [0.05, 0.1) is 0 Å². The molecule has 3 nitrogen and oxygen atoms in total.